The molecule has 2 aromatic rings. The van der Waals surface area contributed by atoms with Gasteiger partial charge in [-0.2, -0.15) is 11.8 Å². The normalized spacial score (nSPS) is 22.0. The van der Waals surface area contributed by atoms with Gasteiger partial charge in [-0.3, -0.25) is 56.9 Å². The average Bonchev–Trinajstić information content (AvgIpc) is 1.60. The fraction of sp³-hybridized carbons (Fsp3) is 0.704. The number of benzene rings is 1. The molecule has 3 aliphatic heterocycles. The number of carboxylic acid groups (broad SMARTS) is 1. The first-order valence-electron chi connectivity index (χ1n) is 37.1. The smallest absolute Gasteiger partial charge is 0.304 e. The van der Waals surface area contributed by atoms with E-state index in [4.69, 9.17) is 69.8 Å². The quantitative estimate of drug-likeness (QED) is 0.0171. The molecule has 1 fully saturated rings. The lowest BCUT2D eigenvalue weighted by molar-refractivity contribution is -0.144. The number of nitrogens with one attached hydrogen (secondary N) is 7. The Bertz CT molecular complexity index is 3390. The maximum absolute atomic E-state index is 15.4. The number of primary amides is 1. The van der Waals surface area contributed by atoms with Gasteiger partial charge in [0.15, 0.2) is 11.6 Å². The number of carboxylic acids is 1. The number of carbonyl (C=O) groups excluding carboxylic acids is 10. The minimum absolute atomic E-state index is 0.0241. The van der Waals surface area contributed by atoms with Crippen molar-refractivity contribution in [1.29, 1.82) is 0 Å². The van der Waals surface area contributed by atoms with Crippen LogP contribution < -0.4 is 53.9 Å². The van der Waals surface area contributed by atoms with Crippen molar-refractivity contribution in [2.45, 2.75) is 120 Å². The third kappa shape index (κ3) is 33.2. The summed E-state index contributed by atoms with van der Waals surface area (Å²) < 4.78 is 71.6. The number of aliphatic hydroxyl groups excluding tert-OH is 3. The first kappa shape index (κ1) is 94.0. The van der Waals surface area contributed by atoms with Crippen LogP contribution >= 0.6 is 11.8 Å². The topological polar surface area (TPSA) is 551 Å². The minimum atomic E-state index is -2.42. The van der Waals surface area contributed by atoms with E-state index in [-0.39, 0.29) is 48.9 Å². The summed E-state index contributed by atoms with van der Waals surface area (Å²) in [6.07, 6.45) is -4.22. The molecule has 0 spiro atoms. The predicted octanol–water partition coefficient (Wildman–Crippen LogP) is -3.85. The number of Topliss-reactive ketones (excluding diaryl/α,β-unsaturated/α-hetero) is 2. The molecule has 0 saturated carbocycles. The van der Waals surface area contributed by atoms with E-state index in [9.17, 15) is 63.3 Å². The van der Waals surface area contributed by atoms with Gasteiger partial charge in [0.2, 0.25) is 47.3 Å². The number of hydrogen-bond acceptors (Lipinski definition) is 29. The van der Waals surface area contributed by atoms with Gasteiger partial charge in [0.25, 0.3) is 0 Å². The molecule has 40 heteroatoms. The highest BCUT2D eigenvalue weighted by Crippen LogP contribution is 2.37. The Morgan fingerprint density at radius 2 is 1.32 bits per heavy atom. The van der Waals surface area contributed by atoms with Crippen LogP contribution in [0, 0.1) is 29.6 Å². The third-order valence-electron chi connectivity index (χ3n) is 18.5. The van der Waals surface area contributed by atoms with Crippen LogP contribution in [0.5, 0.6) is 5.75 Å². The summed E-state index contributed by atoms with van der Waals surface area (Å²) in [6.45, 7) is 10.2. The predicted molar refractivity (Wildman–Crippen MR) is 401 cm³/mol. The van der Waals surface area contributed by atoms with E-state index >= 15 is 9.00 Å². The summed E-state index contributed by atoms with van der Waals surface area (Å²) in [7, 11) is -0.970. The molecule has 1 aromatic carbocycles. The number of thioether (sulfide) groups is 1. The Morgan fingerprint density at radius 1 is 0.748 bits per heavy atom. The van der Waals surface area contributed by atoms with Crippen molar-refractivity contribution in [1.82, 2.24) is 46.8 Å². The van der Waals surface area contributed by atoms with Gasteiger partial charge >= 0.3 is 5.97 Å². The van der Waals surface area contributed by atoms with Crippen LogP contribution in [-0.4, -0.2) is 318 Å². The molecule has 38 nitrogen and oxygen atoms in total. The summed E-state index contributed by atoms with van der Waals surface area (Å²) in [5.74, 6) is -8.50. The third-order valence-corrected chi connectivity index (χ3v) is 20.8. The van der Waals surface area contributed by atoms with E-state index in [0.717, 1.165) is 4.90 Å². The second kappa shape index (κ2) is 51.2. The van der Waals surface area contributed by atoms with E-state index < -0.39 is 199 Å². The standard InChI is InChI=1S/C71H114N12O26S2/c1-6-43(2)51-32-48(85)36-76-66(94)46-30-52-50-7-8-59(100-5)53(41-110-28-27-109-26-25-108-24-23-107-22-21-106-20-19-105-18-17-104-16-15-103-14-13-102-12-11-101-10-9-82(74)38-47(72)35-75-65(93)44(3)29-62(91)92)64(50)81-70(52)111(99)42-55(78-61(90)37-77-67(51)95)68(96)79-54(34-60(73)89)71(98)83-39-49(86)33-56(83)69(97)80-63(57(87)31-46)45(4)58(88)40-84/h7-8,38,43-46,49,51,54-56,58,63,81,84,86,88H,6,9-37,39-42,72,74H2,1-5H3,(H2,73,89)(H,75,93)(H,76,94)(H,77,95)(H,78,90)(H,79,96)(H,80,97)(H,91,92)/b47-38-/t43-,44?,45-,46+,49+,51-,54-,55+,56-,58-,63-,111?/m0/s1. The number of nitrogens with zero attached hydrogens (tertiary/aromatic N) is 2. The molecule has 3 aliphatic rings. The van der Waals surface area contributed by atoms with E-state index in [1.165, 1.54) is 43.9 Å². The van der Waals surface area contributed by atoms with Crippen LogP contribution in [0.25, 0.3) is 10.9 Å². The first-order chi connectivity index (χ1) is 53.2. The number of methoxy groups -OCH3 is 1. The molecule has 0 radical (unpaired) electrons. The molecule has 5 rings (SSSR count). The van der Waals surface area contributed by atoms with Crippen LogP contribution in [0.1, 0.15) is 77.3 Å². The van der Waals surface area contributed by atoms with Crippen molar-refractivity contribution < 1.29 is 125 Å². The lowest BCUT2D eigenvalue weighted by Crippen LogP contribution is -2.60. The Balaban J connectivity index is 1.11. The van der Waals surface area contributed by atoms with Gasteiger partial charge in [-0.25, -0.2) is 5.84 Å². The van der Waals surface area contributed by atoms with Crippen molar-refractivity contribution in [2.24, 2.45) is 46.9 Å². The maximum Gasteiger partial charge on any atom is 0.304 e. The van der Waals surface area contributed by atoms with Gasteiger partial charge < -0.3 is 126 Å². The molecule has 0 aliphatic carbocycles. The fourth-order valence-electron chi connectivity index (χ4n) is 12.1. The molecule has 4 heterocycles. The molecule has 2 bridgehead atoms. The molecule has 8 amide bonds. The highest BCUT2D eigenvalue weighted by Gasteiger charge is 2.45. The number of fused-ring (bicyclic) bond motifs is 5. The molecule has 2 unspecified atom stereocenters. The highest BCUT2D eigenvalue weighted by molar-refractivity contribution is 7.98. The van der Waals surface area contributed by atoms with Crippen molar-refractivity contribution in [3.63, 3.8) is 0 Å². The monoisotopic (exact) mass is 1610 g/mol. The molecule has 17 N–H and O–H groups in total. The Labute approximate surface area is 651 Å². The van der Waals surface area contributed by atoms with E-state index in [0.29, 0.717) is 152 Å². The van der Waals surface area contributed by atoms with Crippen molar-refractivity contribution in [3.8, 4) is 5.75 Å². The molecule has 1 aromatic heterocycles. The lowest BCUT2D eigenvalue weighted by atomic mass is 9.85. The van der Waals surface area contributed by atoms with Crippen molar-refractivity contribution >= 4 is 98.3 Å². The number of aromatic amines is 1. The van der Waals surface area contributed by atoms with Crippen LogP contribution in [0.3, 0.4) is 0 Å². The summed E-state index contributed by atoms with van der Waals surface area (Å²) in [5.41, 5.74) is 12.9. The van der Waals surface area contributed by atoms with Crippen molar-refractivity contribution in [2.75, 3.05) is 177 Å². The van der Waals surface area contributed by atoms with Crippen LogP contribution in [0.2, 0.25) is 0 Å². The summed E-state index contributed by atoms with van der Waals surface area (Å²) in [4.78, 5) is 155. The minimum Gasteiger partial charge on any atom is -0.496 e. The van der Waals surface area contributed by atoms with E-state index in [1.54, 1.807) is 26.0 Å². The number of nitrogens with two attached hydrogens (primary N) is 3. The number of ketones is 2. The SMILES string of the molecule is CC[C@H](C)[C@@H]1CC(=O)CNC(=O)[C@H]2CC(=O)[C@H]([C@@H](C)[C@@H](O)CO)NC(=O)[C@@H]3C[C@@H](O)CN3C(=O)[C@H](CC(N)=O)NC(=O)[C@@H](CS(=O)c3[nH]c4c(CSCCOCCOCCOCCOCCOCCOCCOCCOCCOCCN(N)/C=C(\N)CNC(=O)C(C)CC(=O)O)c(OC)ccc4c3C2)NC(=O)CNC1=O. The highest BCUT2D eigenvalue weighted by atomic mass is 32.2. The number of H-pyrrole nitrogens is 1. The van der Waals surface area contributed by atoms with Gasteiger partial charge in [0.05, 0.1) is 212 Å². The second-order valence-electron chi connectivity index (χ2n) is 26.9. The number of aliphatic carboxylic acids is 1. The number of aromatic nitrogens is 1. The first-order valence-corrected chi connectivity index (χ1v) is 39.5. The Hall–Kier alpha value is -7.55. The number of rotatable bonds is 46. The van der Waals surface area contributed by atoms with Gasteiger partial charge in [0, 0.05) is 83.8 Å². The number of ether oxygens (including phenoxy) is 10. The van der Waals surface area contributed by atoms with Crippen LogP contribution in [0.4, 0.5) is 0 Å². The van der Waals surface area contributed by atoms with Gasteiger partial charge in [-0.15, -0.1) is 0 Å². The second-order valence-corrected chi connectivity index (χ2v) is 29.5. The zero-order valence-corrected chi connectivity index (χ0v) is 65.5. The summed E-state index contributed by atoms with van der Waals surface area (Å²) in [5, 5.41) is 57.8. The molecule has 111 heavy (non-hydrogen) atoms. The van der Waals surface area contributed by atoms with E-state index in [2.05, 4.69) is 36.9 Å². The average molecular weight is 1620 g/mol. The van der Waals surface area contributed by atoms with Gasteiger partial charge in [0.1, 0.15) is 28.9 Å². The molecule has 12 atom stereocenters. The Morgan fingerprint density at radius 3 is 1.86 bits per heavy atom. The number of hydrogen-bond donors (Lipinski definition) is 14. The van der Waals surface area contributed by atoms with Gasteiger partial charge in [-0.1, -0.05) is 34.1 Å². The molecule has 1 saturated heterocycles. The van der Waals surface area contributed by atoms with Crippen molar-refractivity contribution in [3.05, 3.63) is 35.2 Å². The molecular formula is C71H114N12O26S2. The zero-order valence-electron chi connectivity index (χ0n) is 63.8. The number of aliphatic hydroxyl groups is 3. The van der Waals surface area contributed by atoms with Gasteiger partial charge in [-0.05, 0) is 30.0 Å². The zero-order chi connectivity index (χ0) is 81.4. The summed E-state index contributed by atoms with van der Waals surface area (Å²) in [6, 6.07) is -3.68. The number of amides is 8. The lowest BCUT2D eigenvalue weighted by Gasteiger charge is -2.32. The Kier molecular flexibility index (Phi) is 43.4. The largest absolute Gasteiger partial charge is 0.496 e. The number of hydrazine groups is 1. The summed E-state index contributed by atoms with van der Waals surface area (Å²) >= 11 is 1.45. The maximum atomic E-state index is 15.4. The van der Waals surface area contributed by atoms with Crippen LogP contribution in [-0.2, 0) is 118 Å². The van der Waals surface area contributed by atoms with E-state index in [1.807, 2.05) is 0 Å². The van der Waals surface area contributed by atoms with Crippen LogP contribution in [0.15, 0.2) is 29.1 Å². The fourth-order valence-corrected chi connectivity index (χ4v) is 14.3. The molecule has 626 valence electrons. The number of carbonyl (C=O) groups is 11. The molecular weight excluding hydrogens is 1500 g/mol.